The molecule has 26 heavy (non-hydrogen) atoms. The molecule has 1 aromatic carbocycles. The number of benzene rings is 1. The SMILES string of the molecule is CCNC(=NCc1cccc(F)c1)NCCCCNc1ccccn1.I. The maximum Gasteiger partial charge on any atom is 0.191 e. The molecule has 1 aromatic heterocycles. The van der Waals surface area contributed by atoms with E-state index in [1.807, 2.05) is 31.2 Å². The van der Waals surface area contributed by atoms with Crippen LogP contribution in [0.4, 0.5) is 10.2 Å². The van der Waals surface area contributed by atoms with Crippen molar-refractivity contribution in [2.24, 2.45) is 4.99 Å². The number of hydrogen-bond donors (Lipinski definition) is 3. The first-order valence-electron chi connectivity index (χ1n) is 8.69. The lowest BCUT2D eigenvalue weighted by molar-refractivity contribution is 0.625. The normalized spacial score (nSPS) is 10.8. The fourth-order valence-electron chi connectivity index (χ4n) is 2.29. The molecule has 0 fully saturated rings. The molecule has 0 aliphatic heterocycles. The molecule has 0 aliphatic rings. The Labute approximate surface area is 171 Å². The lowest BCUT2D eigenvalue weighted by Gasteiger charge is -2.11. The minimum Gasteiger partial charge on any atom is -0.370 e. The number of hydrogen-bond acceptors (Lipinski definition) is 3. The highest BCUT2D eigenvalue weighted by Crippen LogP contribution is 2.04. The van der Waals surface area contributed by atoms with Crippen LogP contribution in [-0.2, 0) is 6.54 Å². The van der Waals surface area contributed by atoms with Gasteiger partial charge in [0, 0.05) is 25.8 Å². The Morgan fingerprint density at radius 3 is 2.65 bits per heavy atom. The van der Waals surface area contributed by atoms with Crippen LogP contribution < -0.4 is 16.0 Å². The van der Waals surface area contributed by atoms with Gasteiger partial charge in [0.05, 0.1) is 6.54 Å². The van der Waals surface area contributed by atoms with Crippen molar-refractivity contribution in [1.82, 2.24) is 15.6 Å². The van der Waals surface area contributed by atoms with Crippen molar-refractivity contribution < 1.29 is 4.39 Å². The van der Waals surface area contributed by atoms with E-state index in [-0.39, 0.29) is 29.8 Å². The number of pyridine rings is 1. The van der Waals surface area contributed by atoms with E-state index in [9.17, 15) is 4.39 Å². The quantitative estimate of drug-likeness (QED) is 0.226. The van der Waals surface area contributed by atoms with Gasteiger partial charge in [0.2, 0.25) is 0 Å². The smallest absolute Gasteiger partial charge is 0.191 e. The molecular formula is C19H27FIN5. The monoisotopic (exact) mass is 471 g/mol. The molecule has 0 aliphatic carbocycles. The van der Waals surface area contributed by atoms with Gasteiger partial charge < -0.3 is 16.0 Å². The summed E-state index contributed by atoms with van der Waals surface area (Å²) in [6.07, 6.45) is 3.83. The highest BCUT2D eigenvalue weighted by molar-refractivity contribution is 14.0. The Morgan fingerprint density at radius 1 is 1.08 bits per heavy atom. The van der Waals surface area contributed by atoms with Crippen LogP contribution >= 0.6 is 24.0 Å². The molecule has 0 saturated carbocycles. The summed E-state index contributed by atoms with van der Waals surface area (Å²) in [5.41, 5.74) is 0.858. The lowest BCUT2D eigenvalue weighted by atomic mass is 10.2. The van der Waals surface area contributed by atoms with Gasteiger partial charge >= 0.3 is 0 Å². The fourth-order valence-corrected chi connectivity index (χ4v) is 2.29. The van der Waals surface area contributed by atoms with Gasteiger partial charge in [0.1, 0.15) is 11.6 Å². The molecular weight excluding hydrogens is 444 g/mol. The number of aliphatic imine (C=N–C) groups is 1. The van der Waals surface area contributed by atoms with Gasteiger partial charge in [-0.25, -0.2) is 14.4 Å². The average Bonchev–Trinajstić information content (AvgIpc) is 2.63. The number of anilines is 1. The van der Waals surface area contributed by atoms with E-state index in [0.717, 1.165) is 49.8 Å². The highest BCUT2D eigenvalue weighted by atomic mass is 127. The van der Waals surface area contributed by atoms with Crippen molar-refractivity contribution in [3.05, 3.63) is 60.0 Å². The number of guanidine groups is 1. The molecule has 2 rings (SSSR count). The molecule has 3 N–H and O–H groups in total. The van der Waals surface area contributed by atoms with E-state index in [2.05, 4.69) is 25.9 Å². The number of nitrogens with one attached hydrogen (secondary N) is 3. The van der Waals surface area contributed by atoms with Crippen LogP contribution in [0, 0.1) is 5.82 Å². The molecule has 1 heterocycles. The third-order valence-corrected chi connectivity index (χ3v) is 3.52. The van der Waals surface area contributed by atoms with Crippen LogP contribution in [-0.4, -0.2) is 30.6 Å². The highest BCUT2D eigenvalue weighted by Gasteiger charge is 1.99. The van der Waals surface area contributed by atoms with Gasteiger partial charge in [-0.2, -0.15) is 0 Å². The zero-order chi connectivity index (χ0) is 17.7. The van der Waals surface area contributed by atoms with E-state index in [1.54, 1.807) is 12.3 Å². The average molecular weight is 471 g/mol. The zero-order valence-electron chi connectivity index (χ0n) is 15.0. The van der Waals surface area contributed by atoms with E-state index < -0.39 is 0 Å². The summed E-state index contributed by atoms with van der Waals surface area (Å²) >= 11 is 0. The fraction of sp³-hybridized carbons (Fsp3) is 0.368. The largest absolute Gasteiger partial charge is 0.370 e. The number of unbranched alkanes of at least 4 members (excludes halogenated alkanes) is 1. The van der Waals surface area contributed by atoms with Crippen LogP contribution in [0.25, 0.3) is 0 Å². The van der Waals surface area contributed by atoms with Gasteiger partial charge in [0.15, 0.2) is 5.96 Å². The second-order valence-electron chi connectivity index (χ2n) is 5.60. The first kappa shape index (κ1) is 22.1. The van der Waals surface area contributed by atoms with E-state index in [4.69, 9.17) is 0 Å². The number of nitrogens with zero attached hydrogens (tertiary/aromatic N) is 2. The van der Waals surface area contributed by atoms with Crippen LogP contribution in [0.15, 0.2) is 53.7 Å². The van der Waals surface area contributed by atoms with Crippen molar-refractivity contribution >= 4 is 35.8 Å². The topological polar surface area (TPSA) is 61.3 Å². The predicted molar refractivity (Wildman–Crippen MR) is 117 cm³/mol. The molecule has 0 radical (unpaired) electrons. The lowest BCUT2D eigenvalue weighted by Crippen LogP contribution is -2.37. The van der Waals surface area contributed by atoms with Gasteiger partial charge in [-0.05, 0) is 49.6 Å². The molecule has 0 bridgehead atoms. The number of halogens is 2. The summed E-state index contributed by atoms with van der Waals surface area (Å²) in [7, 11) is 0. The molecule has 0 spiro atoms. The van der Waals surface area contributed by atoms with E-state index in [1.165, 1.54) is 12.1 Å². The van der Waals surface area contributed by atoms with E-state index in [0.29, 0.717) is 6.54 Å². The minimum absolute atomic E-state index is 0. The summed E-state index contributed by atoms with van der Waals surface area (Å²) < 4.78 is 13.2. The third kappa shape index (κ3) is 8.98. The Kier molecular flexibility index (Phi) is 11.3. The van der Waals surface area contributed by atoms with Gasteiger partial charge in [-0.3, -0.25) is 0 Å². The zero-order valence-corrected chi connectivity index (χ0v) is 17.4. The summed E-state index contributed by atoms with van der Waals surface area (Å²) in [4.78, 5) is 8.72. The number of rotatable bonds is 9. The Morgan fingerprint density at radius 2 is 1.92 bits per heavy atom. The van der Waals surface area contributed by atoms with Crippen molar-refractivity contribution in [2.45, 2.75) is 26.3 Å². The van der Waals surface area contributed by atoms with Crippen LogP contribution in [0.1, 0.15) is 25.3 Å². The molecule has 5 nitrogen and oxygen atoms in total. The predicted octanol–water partition coefficient (Wildman–Crippen LogP) is 3.79. The molecule has 0 atom stereocenters. The first-order valence-corrected chi connectivity index (χ1v) is 8.69. The Hall–Kier alpha value is -1.90. The van der Waals surface area contributed by atoms with Crippen LogP contribution in [0.3, 0.4) is 0 Å². The molecule has 142 valence electrons. The molecule has 0 amide bonds. The first-order chi connectivity index (χ1) is 12.3. The van der Waals surface area contributed by atoms with Crippen molar-refractivity contribution in [3.8, 4) is 0 Å². The van der Waals surface area contributed by atoms with Crippen molar-refractivity contribution in [2.75, 3.05) is 25.0 Å². The maximum atomic E-state index is 13.2. The summed E-state index contributed by atoms with van der Waals surface area (Å²) in [5.74, 6) is 1.43. The van der Waals surface area contributed by atoms with Crippen molar-refractivity contribution in [1.29, 1.82) is 0 Å². The van der Waals surface area contributed by atoms with Gasteiger partial charge in [0.25, 0.3) is 0 Å². The molecule has 7 heteroatoms. The molecule has 2 aromatic rings. The summed E-state index contributed by atoms with van der Waals surface area (Å²) in [6, 6.07) is 12.4. The maximum absolute atomic E-state index is 13.2. The second kappa shape index (κ2) is 13.3. The second-order valence-corrected chi connectivity index (χ2v) is 5.60. The number of aromatic nitrogens is 1. The summed E-state index contributed by atoms with van der Waals surface area (Å²) in [5, 5.41) is 9.80. The van der Waals surface area contributed by atoms with Crippen LogP contribution in [0.5, 0.6) is 0 Å². The van der Waals surface area contributed by atoms with Gasteiger partial charge in [-0.1, -0.05) is 18.2 Å². The standard InChI is InChI=1S/C19H26FN5.HI/c1-2-21-19(25-15-16-8-7-9-17(20)14-16)24-13-6-5-12-23-18-10-3-4-11-22-18;/h3-4,7-11,14H,2,5-6,12-13,15H2,1H3,(H,22,23)(H2,21,24,25);1H. The molecule has 0 unspecified atom stereocenters. The van der Waals surface area contributed by atoms with Crippen molar-refractivity contribution in [3.63, 3.8) is 0 Å². The molecule has 0 saturated heterocycles. The minimum atomic E-state index is -0.230. The third-order valence-electron chi connectivity index (χ3n) is 3.52. The Balaban J connectivity index is 0.00000338. The summed E-state index contributed by atoms with van der Waals surface area (Å²) in [6.45, 7) is 4.98. The van der Waals surface area contributed by atoms with Gasteiger partial charge in [-0.15, -0.1) is 24.0 Å². The van der Waals surface area contributed by atoms with E-state index >= 15 is 0 Å². The Bertz CT molecular complexity index is 651. The van der Waals surface area contributed by atoms with Crippen LogP contribution in [0.2, 0.25) is 0 Å².